The monoisotopic (exact) mass is 469 g/mol. The van der Waals surface area contributed by atoms with Crippen molar-refractivity contribution >= 4 is 21.6 Å². The molecule has 2 atom stereocenters. The van der Waals surface area contributed by atoms with E-state index in [0.717, 1.165) is 31.2 Å². The zero-order valence-corrected chi connectivity index (χ0v) is 20.0. The zero-order chi connectivity index (χ0) is 23.6. The summed E-state index contributed by atoms with van der Waals surface area (Å²) in [5.41, 5.74) is 0.444. The molecule has 0 N–H and O–H groups in total. The highest BCUT2D eigenvalue weighted by molar-refractivity contribution is 7.90. The second-order valence-electron chi connectivity index (χ2n) is 9.29. The normalized spacial score (nSPS) is 21.1. The molecule has 176 valence electrons. The molecular weight excluding hydrogens is 438 g/mol. The minimum atomic E-state index is -3.60. The SMILES string of the molecule is CCCC1(CCC)OC(=O)C(C(c2cccc(CS(=O)(=O)c3ccccn3)c2)C2CC2)C1=O. The summed E-state index contributed by atoms with van der Waals surface area (Å²) >= 11 is 0. The number of carbonyl (C=O) groups is 2. The van der Waals surface area contributed by atoms with Gasteiger partial charge in [-0.2, -0.15) is 0 Å². The van der Waals surface area contributed by atoms with E-state index in [1.165, 1.54) is 12.3 Å². The van der Waals surface area contributed by atoms with Gasteiger partial charge in [-0.15, -0.1) is 0 Å². The molecule has 0 spiro atoms. The maximum Gasteiger partial charge on any atom is 0.318 e. The predicted molar refractivity (Wildman–Crippen MR) is 124 cm³/mol. The fraction of sp³-hybridized carbons (Fsp3) is 0.500. The van der Waals surface area contributed by atoms with Crippen LogP contribution in [0.1, 0.15) is 69.4 Å². The standard InChI is InChI=1S/C26H31NO5S/c1-3-13-26(14-4-2)24(28)23(25(29)32-26)22(19-11-12-19)20-9-7-8-18(16-20)17-33(30,31)21-10-5-6-15-27-21/h5-10,15-16,19,22-23H,3-4,11-14,17H2,1-2H3. The molecule has 2 aromatic rings. The van der Waals surface area contributed by atoms with Crippen LogP contribution in [0.25, 0.3) is 0 Å². The van der Waals surface area contributed by atoms with Crippen LogP contribution < -0.4 is 0 Å². The first-order valence-electron chi connectivity index (χ1n) is 11.8. The van der Waals surface area contributed by atoms with E-state index in [1.54, 1.807) is 18.2 Å². The summed E-state index contributed by atoms with van der Waals surface area (Å²) in [7, 11) is -3.60. The quantitative estimate of drug-likeness (QED) is 0.372. The number of hydrogen-bond acceptors (Lipinski definition) is 6. The van der Waals surface area contributed by atoms with Gasteiger partial charge in [0.1, 0.15) is 5.92 Å². The van der Waals surface area contributed by atoms with Gasteiger partial charge in [0, 0.05) is 12.1 Å². The lowest BCUT2D eigenvalue weighted by Crippen LogP contribution is -2.38. The lowest BCUT2D eigenvalue weighted by molar-refractivity contribution is -0.154. The van der Waals surface area contributed by atoms with E-state index in [0.29, 0.717) is 18.4 Å². The van der Waals surface area contributed by atoms with Crippen molar-refractivity contribution in [3.63, 3.8) is 0 Å². The molecule has 1 aromatic heterocycles. The number of nitrogens with zero attached hydrogens (tertiary/aromatic N) is 1. The first-order valence-corrected chi connectivity index (χ1v) is 13.5. The van der Waals surface area contributed by atoms with E-state index in [-0.39, 0.29) is 28.4 Å². The number of ether oxygens (including phenoxy) is 1. The number of cyclic esters (lactones) is 1. The molecule has 2 fully saturated rings. The summed E-state index contributed by atoms with van der Waals surface area (Å²) < 4.78 is 31.5. The lowest BCUT2D eigenvalue weighted by atomic mass is 9.75. The van der Waals surface area contributed by atoms with E-state index in [9.17, 15) is 18.0 Å². The Kier molecular flexibility index (Phi) is 6.71. The molecular formula is C26H31NO5S. The fourth-order valence-electron chi connectivity index (χ4n) is 5.19. The number of Topliss-reactive ketones (excluding diaryl/α,β-unsaturated/α-hetero) is 1. The molecule has 1 aliphatic carbocycles. The van der Waals surface area contributed by atoms with Gasteiger partial charge in [0.2, 0.25) is 0 Å². The number of hydrogen-bond donors (Lipinski definition) is 0. The predicted octanol–water partition coefficient (Wildman–Crippen LogP) is 4.63. The molecule has 0 radical (unpaired) electrons. The Morgan fingerprint density at radius 1 is 1.06 bits per heavy atom. The van der Waals surface area contributed by atoms with E-state index < -0.39 is 27.3 Å². The number of carbonyl (C=O) groups excluding carboxylic acids is 2. The summed E-state index contributed by atoms with van der Waals surface area (Å²) in [6.45, 7) is 3.99. The van der Waals surface area contributed by atoms with Crippen LogP contribution in [-0.4, -0.2) is 30.8 Å². The number of pyridine rings is 1. The summed E-state index contributed by atoms with van der Waals surface area (Å²) in [5.74, 6) is -1.58. The van der Waals surface area contributed by atoms with Crippen LogP contribution in [0.4, 0.5) is 0 Å². The first-order chi connectivity index (χ1) is 15.8. The van der Waals surface area contributed by atoms with Crippen molar-refractivity contribution in [2.24, 2.45) is 11.8 Å². The number of benzene rings is 1. The van der Waals surface area contributed by atoms with Gasteiger partial charge in [0.05, 0.1) is 5.75 Å². The van der Waals surface area contributed by atoms with Crippen LogP contribution >= 0.6 is 0 Å². The Morgan fingerprint density at radius 3 is 2.39 bits per heavy atom. The fourth-order valence-corrected chi connectivity index (χ4v) is 6.47. The highest BCUT2D eigenvalue weighted by Gasteiger charge is 2.58. The number of rotatable bonds is 10. The van der Waals surface area contributed by atoms with Crippen molar-refractivity contribution in [1.29, 1.82) is 0 Å². The summed E-state index contributed by atoms with van der Waals surface area (Å²) in [6.07, 6.45) is 5.98. The molecule has 1 saturated carbocycles. The van der Waals surface area contributed by atoms with Gasteiger partial charge in [-0.3, -0.25) is 9.59 Å². The molecule has 4 rings (SSSR count). The van der Waals surface area contributed by atoms with Crippen LogP contribution in [0.15, 0.2) is 53.7 Å². The third-order valence-electron chi connectivity index (χ3n) is 6.73. The molecule has 1 aliphatic heterocycles. The lowest BCUT2D eigenvalue weighted by Gasteiger charge is -2.26. The average molecular weight is 470 g/mol. The summed E-state index contributed by atoms with van der Waals surface area (Å²) in [4.78, 5) is 30.6. The second kappa shape index (κ2) is 9.37. The maximum absolute atomic E-state index is 13.6. The minimum absolute atomic E-state index is 0.0348. The molecule has 1 aromatic carbocycles. The minimum Gasteiger partial charge on any atom is -0.450 e. The van der Waals surface area contributed by atoms with Gasteiger partial charge in [-0.05, 0) is 54.9 Å². The Balaban J connectivity index is 1.65. The largest absolute Gasteiger partial charge is 0.450 e. The smallest absolute Gasteiger partial charge is 0.318 e. The molecule has 2 heterocycles. The van der Waals surface area contributed by atoms with Gasteiger partial charge in [0.15, 0.2) is 26.2 Å². The van der Waals surface area contributed by atoms with Crippen LogP contribution in [0.2, 0.25) is 0 Å². The van der Waals surface area contributed by atoms with Gasteiger partial charge >= 0.3 is 5.97 Å². The van der Waals surface area contributed by atoms with Crippen LogP contribution in [0.3, 0.4) is 0 Å². The average Bonchev–Trinajstić information content (AvgIpc) is 3.59. The van der Waals surface area contributed by atoms with Crippen molar-refractivity contribution in [2.75, 3.05) is 0 Å². The summed E-state index contributed by atoms with van der Waals surface area (Å²) in [6, 6.07) is 12.1. The van der Waals surface area contributed by atoms with Gasteiger partial charge in [0.25, 0.3) is 0 Å². The van der Waals surface area contributed by atoms with Gasteiger partial charge < -0.3 is 4.74 Å². The molecule has 2 aliphatic rings. The zero-order valence-electron chi connectivity index (χ0n) is 19.2. The van der Waals surface area contributed by atoms with Crippen molar-refractivity contribution in [3.8, 4) is 0 Å². The first kappa shape index (κ1) is 23.6. The topological polar surface area (TPSA) is 90.4 Å². The molecule has 33 heavy (non-hydrogen) atoms. The third-order valence-corrected chi connectivity index (χ3v) is 8.32. The van der Waals surface area contributed by atoms with E-state index in [1.807, 2.05) is 32.0 Å². The number of esters is 1. The Hall–Kier alpha value is -2.54. The Labute approximate surface area is 195 Å². The van der Waals surface area contributed by atoms with Gasteiger partial charge in [-0.25, -0.2) is 13.4 Å². The van der Waals surface area contributed by atoms with Crippen LogP contribution in [0, 0.1) is 11.8 Å². The Bertz CT molecular complexity index is 1120. The molecule has 0 bridgehead atoms. The number of ketones is 1. The highest BCUT2D eigenvalue weighted by Crippen LogP contribution is 2.51. The Morgan fingerprint density at radius 2 is 1.79 bits per heavy atom. The van der Waals surface area contributed by atoms with Crippen LogP contribution in [0.5, 0.6) is 0 Å². The summed E-state index contributed by atoms with van der Waals surface area (Å²) in [5, 5.41) is 0.0348. The van der Waals surface area contributed by atoms with Crippen molar-refractivity contribution in [3.05, 3.63) is 59.8 Å². The third kappa shape index (κ3) is 4.74. The number of sulfone groups is 1. The van der Waals surface area contributed by atoms with Crippen LogP contribution in [-0.2, 0) is 29.9 Å². The second-order valence-corrected chi connectivity index (χ2v) is 11.2. The molecule has 2 unspecified atom stereocenters. The number of aromatic nitrogens is 1. The highest BCUT2D eigenvalue weighted by atomic mass is 32.2. The maximum atomic E-state index is 13.6. The van der Waals surface area contributed by atoms with E-state index >= 15 is 0 Å². The molecule has 1 saturated heterocycles. The molecule has 6 nitrogen and oxygen atoms in total. The van der Waals surface area contributed by atoms with Crippen molar-refractivity contribution in [1.82, 2.24) is 4.98 Å². The molecule has 7 heteroatoms. The molecule has 0 amide bonds. The van der Waals surface area contributed by atoms with Gasteiger partial charge in [-0.1, -0.05) is 57.0 Å². The van der Waals surface area contributed by atoms with Crippen molar-refractivity contribution < 1.29 is 22.7 Å². The van der Waals surface area contributed by atoms with E-state index in [4.69, 9.17) is 4.74 Å². The van der Waals surface area contributed by atoms with Crippen molar-refractivity contribution in [2.45, 2.75) is 74.7 Å². The van der Waals surface area contributed by atoms with E-state index in [2.05, 4.69) is 4.98 Å².